The van der Waals surface area contributed by atoms with Crippen molar-refractivity contribution >= 4 is 33.7 Å². The summed E-state index contributed by atoms with van der Waals surface area (Å²) in [6.45, 7) is 0. The third kappa shape index (κ3) is 3.35. The third-order valence-electron chi connectivity index (χ3n) is 3.61. The Balaban J connectivity index is 1.56. The number of benzene rings is 1. The lowest BCUT2D eigenvalue weighted by Crippen LogP contribution is -2.11. The normalized spacial score (nSPS) is 10.6. The summed E-state index contributed by atoms with van der Waals surface area (Å²) in [5.41, 5.74) is 3.52. The number of thiophene rings is 1. The van der Waals surface area contributed by atoms with Crippen molar-refractivity contribution in [3.05, 3.63) is 76.4 Å². The van der Waals surface area contributed by atoms with Crippen molar-refractivity contribution in [1.82, 2.24) is 9.97 Å². The molecular formula is C19H13N3OS2. The molecule has 0 atom stereocenters. The number of aromatic nitrogens is 2. The van der Waals surface area contributed by atoms with Gasteiger partial charge in [-0.05, 0) is 29.1 Å². The minimum absolute atomic E-state index is 0.143. The highest BCUT2D eigenvalue weighted by Crippen LogP contribution is 2.30. The molecule has 1 N–H and O–H groups in total. The molecule has 4 nitrogen and oxygen atoms in total. The number of amides is 1. The summed E-state index contributed by atoms with van der Waals surface area (Å²) >= 11 is 2.82. The van der Waals surface area contributed by atoms with Crippen LogP contribution in [0.2, 0.25) is 0 Å². The first-order valence-corrected chi connectivity index (χ1v) is 9.38. The van der Waals surface area contributed by atoms with Crippen LogP contribution in [0.1, 0.15) is 9.67 Å². The van der Waals surface area contributed by atoms with Gasteiger partial charge in [0.1, 0.15) is 10.6 Å². The van der Waals surface area contributed by atoms with Crippen LogP contribution in [-0.4, -0.2) is 15.9 Å². The van der Waals surface area contributed by atoms with Crippen LogP contribution in [0.4, 0.5) is 5.13 Å². The lowest BCUT2D eigenvalue weighted by Gasteiger charge is -2.04. The fourth-order valence-corrected chi connectivity index (χ4v) is 3.96. The van der Waals surface area contributed by atoms with Gasteiger partial charge in [-0.2, -0.15) is 0 Å². The average molecular weight is 363 g/mol. The number of rotatable bonds is 4. The monoisotopic (exact) mass is 363 g/mol. The van der Waals surface area contributed by atoms with Crippen LogP contribution in [0.25, 0.3) is 22.5 Å². The lowest BCUT2D eigenvalue weighted by atomic mass is 10.1. The molecule has 4 aromatic rings. The first-order valence-electron chi connectivity index (χ1n) is 7.62. The van der Waals surface area contributed by atoms with Gasteiger partial charge in [-0.25, -0.2) is 4.98 Å². The summed E-state index contributed by atoms with van der Waals surface area (Å²) in [6.07, 6.45) is 1.73. The Labute approximate surface area is 152 Å². The fraction of sp³-hybridized carbons (Fsp3) is 0. The molecule has 0 aliphatic heterocycles. The standard InChI is InChI=1S/C19H13N3OS2/c23-18(17-14(9-11-24-17)13-6-2-1-3-7-13)22-19-21-16(12-25-19)15-8-4-5-10-20-15/h1-12H,(H,21,22,23). The molecule has 122 valence electrons. The summed E-state index contributed by atoms with van der Waals surface area (Å²) < 4.78 is 0. The molecule has 1 amide bonds. The van der Waals surface area contributed by atoms with E-state index in [1.165, 1.54) is 22.7 Å². The first kappa shape index (κ1) is 15.7. The van der Waals surface area contributed by atoms with E-state index >= 15 is 0 Å². The molecule has 3 aromatic heterocycles. The van der Waals surface area contributed by atoms with Crippen LogP contribution in [0.3, 0.4) is 0 Å². The summed E-state index contributed by atoms with van der Waals surface area (Å²) in [7, 11) is 0. The van der Waals surface area contributed by atoms with E-state index in [0.717, 1.165) is 22.5 Å². The molecule has 0 radical (unpaired) electrons. The van der Waals surface area contributed by atoms with E-state index in [1.807, 2.05) is 65.4 Å². The maximum Gasteiger partial charge on any atom is 0.268 e. The number of anilines is 1. The Kier molecular flexibility index (Phi) is 4.37. The third-order valence-corrected chi connectivity index (χ3v) is 5.28. The van der Waals surface area contributed by atoms with E-state index in [9.17, 15) is 4.79 Å². The highest BCUT2D eigenvalue weighted by molar-refractivity contribution is 7.15. The van der Waals surface area contributed by atoms with Crippen molar-refractivity contribution in [2.45, 2.75) is 0 Å². The molecule has 25 heavy (non-hydrogen) atoms. The van der Waals surface area contributed by atoms with E-state index in [1.54, 1.807) is 6.20 Å². The van der Waals surface area contributed by atoms with Gasteiger partial charge >= 0.3 is 0 Å². The van der Waals surface area contributed by atoms with E-state index in [2.05, 4.69) is 15.3 Å². The maximum atomic E-state index is 12.7. The molecule has 0 bridgehead atoms. The SMILES string of the molecule is O=C(Nc1nc(-c2ccccn2)cs1)c1sccc1-c1ccccc1. The Morgan fingerprint density at radius 2 is 1.76 bits per heavy atom. The largest absolute Gasteiger partial charge is 0.297 e. The quantitative estimate of drug-likeness (QED) is 0.543. The zero-order chi connectivity index (χ0) is 17.1. The van der Waals surface area contributed by atoms with Gasteiger partial charge < -0.3 is 0 Å². The van der Waals surface area contributed by atoms with Gasteiger partial charge in [-0.15, -0.1) is 22.7 Å². The van der Waals surface area contributed by atoms with Crippen molar-refractivity contribution < 1.29 is 4.79 Å². The number of nitrogens with one attached hydrogen (secondary N) is 1. The molecule has 0 spiro atoms. The molecule has 0 fully saturated rings. The van der Waals surface area contributed by atoms with Crippen LogP contribution in [0.15, 0.2) is 71.6 Å². The van der Waals surface area contributed by atoms with Crippen LogP contribution >= 0.6 is 22.7 Å². The molecule has 6 heteroatoms. The van der Waals surface area contributed by atoms with Crippen molar-refractivity contribution in [1.29, 1.82) is 0 Å². The average Bonchev–Trinajstić information content (AvgIpc) is 3.33. The Morgan fingerprint density at radius 1 is 0.920 bits per heavy atom. The molecular weight excluding hydrogens is 350 g/mol. The molecule has 0 aliphatic rings. The van der Waals surface area contributed by atoms with E-state index in [-0.39, 0.29) is 5.91 Å². The number of nitrogens with zero attached hydrogens (tertiary/aromatic N) is 2. The summed E-state index contributed by atoms with van der Waals surface area (Å²) in [5.74, 6) is -0.143. The second kappa shape index (κ2) is 6.96. The number of hydrogen-bond acceptors (Lipinski definition) is 5. The number of thiazole rings is 1. The number of carbonyl (C=O) groups is 1. The molecule has 4 rings (SSSR count). The topological polar surface area (TPSA) is 54.9 Å². The highest BCUT2D eigenvalue weighted by Gasteiger charge is 2.16. The van der Waals surface area contributed by atoms with Crippen LogP contribution in [0.5, 0.6) is 0 Å². The van der Waals surface area contributed by atoms with Gasteiger partial charge in [0.05, 0.1) is 5.69 Å². The van der Waals surface area contributed by atoms with Gasteiger partial charge in [0.15, 0.2) is 5.13 Å². The maximum absolute atomic E-state index is 12.7. The van der Waals surface area contributed by atoms with Crippen molar-refractivity contribution in [3.8, 4) is 22.5 Å². The summed E-state index contributed by atoms with van der Waals surface area (Å²) in [4.78, 5) is 22.1. The number of pyridine rings is 1. The molecule has 3 heterocycles. The Bertz CT molecular complexity index is 994. The van der Waals surface area contributed by atoms with E-state index in [4.69, 9.17) is 0 Å². The number of hydrogen-bond donors (Lipinski definition) is 1. The van der Waals surface area contributed by atoms with Crippen molar-refractivity contribution in [2.75, 3.05) is 5.32 Å². The molecule has 1 aromatic carbocycles. The van der Waals surface area contributed by atoms with Gasteiger partial charge in [-0.3, -0.25) is 15.1 Å². The molecule has 0 unspecified atom stereocenters. The summed E-state index contributed by atoms with van der Waals surface area (Å²) in [6, 6.07) is 17.5. The first-order chi connectivity index (χ1) is 12.3. The Morgan fingerprint density at radius 3 is 2.56 bits per heavy atom. The lowest BCUT2D eigenvalue weighted by molar-refractivity contribution is 0.103. The predicted molar refractivity (Wildman–Crippen MR) is 103 cm³/mol. The predicted octanol–water partition coefficient (Wildman–Crippen LogP) is 5.19. The molecule has 0 aliphatic carbocycles. The van der Waals surface area contributed by atoms with Crippen LogP contribution < -0.4 is 5.32 Å². The van der Waals surface area contributed by atoms with E-state index in [0.29, 0.717) is 10.0 Å². The second-order valence-corrected chi connectivity index (χ2v) is 7.01. The van der Waals surface area contributed by atoms with Gasteiger partial charge in [0, 0.05) is 17.1 Å². The Hall–Kier alpha value is -2.83. The minimum Gasteiger partial charge on any atom is -0.297 e. The second-order valence-electron chi connectivity index (χ2n) is 5.24. The van der Waals surface area contributed by atoms with Crippen molar-refractivity contribution in [2.24, 2.45) is 0 Å². The summed E-state index contributed by atoms with van der Waals surface area (Å²) in [5, 5.41) is 7.29. The molecule has 0 saturated carbocycles. The number of carbonyl (C=O) groups excluding carboxylic acids is 1. The van der Waals surface area contributed by atoms with Crippen LogP contribution in [-0.2, 0) is 0 Å². The zero-order valence-corrected chi connectivity index (χ0v) is 14.7. The van der Waals surface area contributed by atoms with Gasteiger partial charge in [0.25, 0.3) is 5.91 Å². The smallest absolute Gasteiger partial charge is 0.268 e. The van der Waals surface area contributed by atoms with Crippen LogP contribution in [0, 0.1) is 0 Å². The van der Waals surface area contributed by atoms with E-state index < -0.39 is 0 Å². The van der Waals surface area contributed by atoms with Gasteiger partial charge in [-0.1, -0.05) is 36.4 Å². The van der Waals surface area contributed by atoms with Gasteiger partial charge in [0.2, 0.25) is 0 Å². The highest BCUT2D eigenvalue weighted by atomic mass is 32.1. The molecule has 0 saturated heterocycles. The zero-order valence-electron chi connectivity index (χ0n) is 13.0. The fourth-order valence-electron chi connectivity index (χ4n) is 2.45. The van der Waals surface area contributed by atoms with Crippen molar-refractivity contribution in [3.63, 3.8) is 0 Å². The minimum atomic E-state index is -0.143.